The average molecular weight is 483 g/mol. The number of aromatic nitrogens is 2. The van der Waals surface area contributed by atoms with Crippen molar-refractivity contribution in [2.75, 3.05) is 12.4 Å². The minimum Gasteiger partial charge on any atom is -0.326 e. The third-order valence-electron chi connectivity index (χ3n) is 5.12. The maximum atomic E-state index is 12.8. The van der Waals surface area contributed by atoms with Crippen LogP contribution in [-0.2, 0) is 27.9 Å². The first-order chi connectivity index (χ1) is 15.8. The highest BCUT2D eigenvalue weighted by molar-refractivity contribution is 7.89. The van der Waals surface area contributed by atoms with Gasteiger partial charge in [-0.1, -0.05) is 30.3 Å². The monoisotopic (exact) mass is 482 g/mol. The zero-order valence-electron chi connectivity index (χ0n) is 17.8. The number of aryl methyl sites for hydroxylation is 1. The fourth-order valence-corrected chi connectivity index (χ4v) is 5.20. The lowest BCUT2D eigenvalue weighted by atomic mass is 10.2. The van der Waals surface area contributed by atoms with Gasteiger partial charge in [-0.15, -0.1) is 11.3 Å². The normalized spacial score (nSPS) is 11.7. The van der Waals surface area contributed by atoms with Crippen LogP contribution in [-0.4, -0.2) is 35.2 Å². The number of nitrogens with one attached hydrogen (secondary N) is 1. The van der Waals surface area contributed by atoms with E-state index in [0.717, 1.165) is 5.56 Å². The van der Waals surface area contributed by atoms with E-state index in [1.807, 2.05) is 30.3 Å². The van der Waals surface area contributed by atoms with Crippen LogP contribution in [0.15, 0.2) is 82.1 Å². The fourth-order valence-electron chi connectivity index (χ4n) is 3.31. The van der Waals surface area contributed by atoms with E-state index in [9.17, 15) is 18.0 Å². The molecule has 1 N–H and O–H groups in total. The molecule has 2 aromatic heterocycles. The van der Waals surface area contributed by atoms with Crippen LogP contribution < -0.4 is 10.9 Å². The van der Waals surface area contributed by atoms with Crippen molar-refractivity contribution in [3.63, 3.8) is 0 Å². The highest BCUT2D eigenvalue weighted by Gasteiger charge is 2.21. The first-order valence-corrected chi connectivity index (χ1v) is 12.5. The van der Waals surface area contributed by atoms with Gasteiger partial charge in [0.2, 0.25) is 15.9 Å². The second-order valence-corrected chi connectivity index (χ2v) is 10.4. The smallest absolute Gasteiger partial charge is 0.262 e. The van der Waals surface area contributed by atoms with Gasteiger partial charge in [-0.2, -0.15) is 4.31 Å². The Morgan fingerprint density at radius 1 is 1.09 bits per heavy atom. The molecule has 4 aromatic rings. The van der Waals surface area contributed by atoms with Crippen molar-refractivity contribution in [2.45, 2.75) is 24.4 Å². The second-order valence-electron chi connectivity index (χ2n) is 7.45. The first-order valence-electron chi connectivity index (χ1n) is 10.2. The summed E-state index contributed by atoms with van der Waals surface area (Å²) in [6.07, 6.45) is 1.52. The maximum absolute atomic E-state index is 12.8. The number of anilines is 1. The van der Waals surface area contributed by atoms with E-state index in [1.165, 1.54) is 45.7 Å². The van der Waals surface area contributed by atoms with Gasteiger partial charge in [-0.25, -0.2) is 13.4 Å². The molecule has 2 aromatic carbocycles. The quantitative estimate of drug-likeness (QED) is 0.415. The van der Waals surface area contributed by atoms with Crippen molar-refractivity contribution in [2.24, 2.45) is 0 Å². The van der Waals surface area contributed by atoms with Gasteiger partial charge in [-0.3, -0.25) is 14.2 Å². The average Bonchev–Trinajstić information content (AvgIpc) is 3.29. The largest absolute Gasteiger partial charge is 0.326 e. The zero-order valence-corrected chi connectivity index (χ0v) is 19.5. The standard InChI is InChI=1S/C23H22N4O4S2/c1-26(15-17-5-3-2-4-6-17)33(30,31)19-9-7-18(8-10-19)25-21(28)11-13-27-16-24-22-20(23(27)29)12-14-32-22/h2-10,12,14,16H,11,13,15H2,1H3,(H,25,28). The summed E-state index contributed by atoms with van der Waals surface area (Å²) >= 11 is 1.39. The third-order valence-corrected chi connectivity index (χ3v) is 7.76. The van der Waals surface area contributed by atoms with Gasteiger partial charge < -0.3 is 5.32 Å². The molecule has 0 saturated carbocycles. The van der Waals surface area contributed by atoms with Crippen LogP contribution in [0.4, 0.5) is 5.69 Å². The summed E-state index contributed by atoms with van der Waals surface area (Å²) in [4.78, 5) is 29.8. The van der Waals surface area contributed by atoms with Crippen molar-refractivity contribution in [3.05, 3.63) is 88.3 Å². The Bertz CT molecular complexity index is 1430. The number of nitrogens with zero attached hydrogens (tertiary/aromatic N) is 3. The van der Waals surface area contributed by atoms with E-state index in [4.69, 9.17) is 0 Å². The highest BCUT2D eigenvalue weighted by Crippen LogP contribution is 2.19. The predicted molar refractivity (Wildman–Crippen MR) is 129 cm³/mol. The number of carbonyl (C=O) groups is 1. The molecule has 0 aliphatic rings. The lowest BCUT2D eigenvalue weighted by Crippen LogP contribution is -2.26. The fraction of sp³-hybridized carbons (Fsp3) is 0.174. The lowest BCUT2D eigenvalue weighted by molar-refractivity contribution is -0.116. The number of thiophene rings is 1. The molecule has 0 aliphatic carbocycles. The van der Waals surface area contributed by atoms with E-state index < -0.39 is 10.0 Å². The molecule has 0 fully saturated rings. The molecule has 8 nitrogen and oxygen atoms in total. The van der Waals surface area contributed by atoms with Crippen LogP contribution in [0.25, 0.3) is 10.2 Å². The molecule has 0 spiro atoms. The molecule has 0 atom stereocenters. The number of carbonyl (C=O) groups excluding carboxylic acids is 1. The highest BCUT2D eigenvalue weighted by atomic mass is 32.2. The topological polar surface area (TPSA) is 101 Å². The Labute approximate surface area is 195 Å². The maximum Gasteiger partial charge on any atom is 0.262 e. The molecular formula is C23H22N4O4S2. The molecule has 4 rings (SSSR count). The summed E-state index contributed by atoms with van der Waals surface area (Å²) in [6.45, 7) is 0.452. The summed E-state index contributed by atoms with van der Waals surface area (Å²) < 4.78 is 28.4. The Kier molecular flexibility index (Phi) is 6.68. The van der Waals surface area contributed by atoms with Crippen LogP contribution in [0.1, 0.15) is 12.0 Å². The van der Waals surface area contributed by atoms with E-state index in [-0.39, 0.29) is 35.9 Å². The number of hydrogen-bond acceptors (Lipinski definition) is 6. The van der Waals surface area contributed by atoms with E-state index in [1.54, 1.807) is 23.6 Å². The summed E-state index contributed by atoms with van der Waals surface area (Å²) in [6, 6.07) is 17.1. The van der Waals surface area contributed by atoms with Gasteiger partial charge in [0, 0.05) is 32.2 Å². The molecular weight excluding hydrogens is 460 g/mol. The summed E-state index contributed by atoms with van der Waals surface area (Å²) in [7, 11) is -2.14. The molecule has 170 valence electrons. The zero-order chi connectivity index (χ0) is 23.4. The number of sulfonamides is 1. The van der Waals surface area contributed by atoms with Crippen LogP contribution in [0.5, 0.6) is 0 Å². The SMILES string of the molecule is CN(Cc1ccccc1)S(=O)(=O)c1ccc(NC(=O)CCn2cnc3sccc3c2=O)cc1. The predicted octanol–water partition coefficient (Wildman–Crippen LogP) is 3.31. The van der Waals surface area contributed by atoms with Crippen molar-refractivity contribution in [1.82, 2.24) is 13.9 Å². The summed E-state index contributed by atoms with van der Waals surface area (Å²) in [5.74, 6) is -0.288. The van der Waals surface area contributed by atoms with Crippen molar-refractivity contribution in [1.29, 1.82) is 0 Å². The van der Waals surface area contributed by atoms with Crippen molar-refractivity contribution >= 4 is 43.2 Å². The van der Waals surface area contributed by atoms with Gasteiger partial charge in [0.05, 0.1) is 16.6 Å². The summed E-state index contributed by atoms with van der Waals surface area (Å²) in [5.41, 5.74) is 1.19. The van der Waals surface area contributed by atoms with Gasteiger partial charge in [0.25, 0.3) is 5.56 Å². The van der Waals surface area contributed by atoms with Gasteiger partial charge >= 0.3 is 0 Å². The van der Waals surface area contributed by atoms with Crippen molar-refractivity contribution < 1.29 is 13.2 Å². The van der Waals surface area contributed by atoms with Crippen LogP contribution >= 0.6 is 11.3 Å². The van der Waals surface area contributed by atoms with E-state index in [0.29, 0.717) is 15.9 Å². The Morgan fingerprint density at radius 2 is 1.82 bits per heavy atom. The Balaban J connectivity index is 1.36. The molecule has 10 heteroatoms. The third kappa shape index (κ3) is 5.19. The Hall–Kier alpha value is -3.34. The van der Waals surface area contributed by atoms with Crippen LogP contribution in [0, 0.1) is 0 Å². The molecule has 0 aliphatic heterocycles. The Morgan fingerprint density at radius 3 is 2.55 bits per heavy atom. The number of benzene rings is 2. The minimum atomic E-state index is -3.67. The second kappa shape index (κ2) is 9.65. The van der Waals surface area contributed by atoms with Crippen LogP contribution in [0.3, 0.4) is 0 Å². The number of hydrogen-bond donors (Lipinski definition) is 1. The molecule has 33 heavy (non-hydrogen) atoms. The van der Waals surface area contributed by atoms with Gasteiger partial charge in [0.15, 0.2) is 0 Å². The number of amides is 1. The molecule has 1 amide bonds. The molecule has 2 heterocycles. The van der Waals surface area contributed by atoms with E-state index in [2.05, 4.69) is 10.3 Å². The van der Waals surface area contributed by atoms with Crippen LogP contribution in [0.2, 0.25) is 0 Å². The molecule has 0 unspecified atom stereocenters. The van der Waals surface area contributed by atoms with Gasteiger partial charge in [-0.05, 0) is 41.3 Å². The van der Waals surface area contributed by atoms with Gasteiger partial charge in [0.1, 0.15) is 4.83 Å². The lowest BCUT2D eigenvalue weighted by Gasteiger charge is -2.17. The minimum absolute atomic E-state index is 0.0805. The first kappa shape index (κ1) is 22.8. The molecule has 0 radical (unpaired) electrons. The summed E-state index contributed by atoms with van der Waals surface area (Å²) in [5, 5.41) is 5.07. The molecule has 0 bridgehead atoms. The van der Waals surface area contributed by atoms with Crippen molar-refractivity contribution in [3.8, 4) is 0 Å². The number of fused-ring (bicyclic) bond motifs is 1. The molecule has 0 saturated heterocycles. The number of rotatable bonds is 8. The van der Waals surface area contributed by atoms with E-state index >= 15 is 0 Å².